The molecule has 112 valence electrons. The Bertz CT molecular complexity index is 657. The predicted molar refractivity (Wildman–Crippen MR) is 97.0 cm³/mol. The van der Waals surface area contributed by atoms with Gasteiger partial charge in [-0.3, -0.25) is 4.79 Å². The quantitative estimate of drug-likeness (QED) is 0.596. The van der Waals surface area contributed by atoms with Gasteiger partial charge in [0.15, 0.2) is 0 Å². The van der Waals surface area contributed by atoms with Crippen molar-refractivity contribution in [2.24, 2.45) is 0 Å². The fraction of sp³-hybridized carbons (Fsp3) is 0.267. The number of anilines is 1. The van der Waals surface area contributed by atoms with E-state index >= 15 is 0 Å². The van der Waals surface area contributed by atoms with Crippen molar-refractivity contribution in [3.8, 4) is 0 Å². The molecular formula is C15H15Br3N2O. The minimum Gasteiger partial charge on any atom is -0.342 e. The molecule has 2 aromatic rings. The van der Waals surface area contributed by atoms with Gasteiger partial charge in [-0.1, -0.05) is 6.92 Å². The topological polar surface area (TPSA) is 34.0 Å². The lowest BCUT2D eigenvalue weighted by Crippen LogP contribution is -2.17. The molecule has 0 aliphatic heterocycles. The van der Waals surface area contributed by atoms with E-state index in [1.807, 2.05) is 35.9 Å². The van der Waals surface area contributed by atoms with Crippen LogP contribution in [0.2, 0.25) is 0 Å². The third-order valence-electron chi connectivity index (χ3n) is 2.99. The molecule has 0 aliphatic rings. The molecule has 0 saturated carbocycles. The molecule has 1 N–H and O–H groups in total. The number of nitrogens with zero attached hydrogens (tertiary/aromatic N) is 1. The van der Waals surface area contributed by atoms with E-state index in [9.17, 15) is 4.79 Å². The number of hydrogen-bond acceptors (Lipinski definition) is 1. The number of nitrogens with one attached hydrogen (secondary N) is 1. The van der Waals surface area contributed by atoms with Gasteiger partial charge in [0.05, 0.1) is 5.69 Å². The Kier molecular flexibility index (Phi) is 5.68. The highest BCUT2D eigenvalue weighted by atomic mass is 79.9. The SMILES string of the molecule is CCCn1cc(Br)cc1C(=O)Nc1c(Br)cc(C)cc1Br. The van der Waals surface area contributed by atoms with Crippen molar-refractivity contribution in [2.75, 3.05) is 5.32 Å². The van der Waals surface area contributed by atoms with Crippen molar-refractivity contribution in [2.45, 2.75) is 26.8 Å². The third-order valence-corrected chi connectivity index (χ3v) is 4.67. The van der Waals surface area contributed by atoms with E-state index in [1.54, 1.807) is 0 Å². The van der Waals surface area contributed by atoms with Crippen LogP contribution in [-0.4, -0.2) is 10.5 Å². The summed E-state index contributed by atoms with van der Waals surface area (Å²) in [6.07, 6.45) is 2.90. The molecule has 1 amide bonds. The van der Waals surface area contributed by atoms with E-state index in [0.717, 1.165) is 37.6 Å². The Hall–Kier alpha value is -0.590. The second kappa shape index (κ2) is 7.11. The van der Waals surface area contributed by atoms with Crippen molar-refractivity contribution in [1.29, 1.82) is 0 Å². The van der Waals surface area contributed by atoms with Crippen LogP contribution in [0.1, 0.15) is 29.4 Å². The largest absolute Gasteiger partial charge is 0.342 e. The molecule has 0 saturated heterocycles. The van der Waals surface area contributed by atoms with Gasteiger partial charge in [0.25, 0.3) is 5.91 Å². The lowest BCUT2D eigenvalue weighted by Gasteiger charge is -2.12. The van der Waals surface area contributed by atoms with Gasteiger partial charge in [-0.15, -0.1) is 0 Å². The van der Waals surface area contributed by atoms with Gasteiger partial charge >= 0.3 is 0 Å². The van der Waals surface area contributed by atoms with Crippen LogP contribution in [0.5, 0.6) is 0 Å². The van der Waals surface area contributed by atoms with Crippen LogP contribution in [0.25, 0.3) is 0 Å². The van der Waals surface area contributed by atoms with Crippen molar-refractivity contribution in [3.63, 3.8) is 0 Å². The number of rotatable bonds is 4. The monoisotopic (exact) mass is 476 g/mol. The van der Waals surface area contributed by atoms with Crippen LogP contribution in [-0.2, 0) is 6.54 Å². The Morgan fingerprint density at radius 3 is 2.38 bits per heavy atom. The smallest absolute Gasteiger partial charge is 0.272 e. The van der Waals surface area contributed by atoms with E-state index in [4.69, 9.17) is 0 Å². The van der Waals surface area contributed by atoms with Gasteiger partial charge in [0.2, 0.25) is 0 Å². The number of aromatic nitrogens is 1. The van der Waals surface area contributed by atoms with E-state index in [0.29, 0.717) is 5.69 Å². The molecule has 21 heavy (non-hydrogen) atoms. The molecule has 6 heteroatoms. The first-order chi connectivity index (χ1) is 9.92. The molecule has 0 aliphatic carbocycles. The predicted octanol–water partition coefficient (Wildman–Crippen LogP) is 5.75. The highest BCUT2D eigenvalue weighted by molar-refractivity contribution is 9.11. The zero-order valence-corrected chi connectivity index (χ0v) is 16.5. The maximum atomic E-state index is 12.5. The molecule has 0 spiro atoms. The van der Waals surface area contributed by atoms with Crippen LogP contribution in [0, 0.1) is 6.92 Å². The summed E-state index contributed by atoms with van der Waals surface area (Å²) >= 11 is 10.4. The number of carbonyl (C=O) groups is 1. The normalized spacial score (nSPS) is 10.7. The molecule has 1 aromatic heterocycles. The Labute approximate surface area is 149 Å². The summed E-state index contributed by atoms with van der Waals surface area (Å²) in [7, 11) is 0. The molecule has 2 rings (SSSR count). The Balaban J connectivity index is 2.30. The van der Waals surface area contributed by atoms with Crippen LogP contribution in [0.15, 0.2) is 37.8 Å². The van der Waals surface area contributed by atoms with Gasteiger partial charge < -0.3 is 9.88 Å². The number of hydrogen-bond donors (Lipinski definition) is 1. The molecule has 3 nitrogen and oxygen atoms in total. The Morgan fingerprint density at radius 1 is 1.19 bits per heavy atom. The lowest BCUT2D eigenvalue weighted by atomic mass is 10.2. The first-order valence-corrected chi connectivity index (χ1v) is 8.93. The summed E-state index contributed by atoms with van der Waals surface area (Å²) in [6, 6.07) is 5.78. The number of amides is 1. The van der Waals surface area contributed by atoms with Gasteiger partial charge in [-0.25, -0.2) is 0 Å². The molecule has 0 unspecified atom stereocenters. The second-order valence-corrected chi connectivity index (χ2v) is 7.42. The van der Waals surface area contributed by atoms with Crippen molar-refractivity contribution in [1.82, 2.24) is 4.57 Å². The van der Waals surface area contributed by atoms with Gasteiger partial charge in [-0.05, 0) is 84.9 Å². The lowest BCUT2D eigenvalue weighted by molar-refractivity contribution is 0.101. The summed E-state index contributed by atoms with van der Waals surface area (Å²) < 4.78 is 4.57. The van der Waals surface area contributed by atoms with Crippen molar-refractivity contribution >= 4 is 59.4 Å². The van der Waals surface area contributed by atoms with Crippen molar-refractivity contribution < 1.29 is 4.79 Å². The van der Waals surface area contributed by atoms with Gasteiger partial charge in [0.1, 0.15) is 5.69 Å². The fourth-order valence-corrected chi connectivity index (χ4v) is 4.17. The zero-order chi connectivity index (χ0) is 15.6. The summed E-state index contributed by atoms with van der Waals surface area (Å²) in [5.41, 5.74) is 2.50. The first kappa shape index (κ1) is 16.8. The van der Waals surface area contributed by atoms with Gasteiger partial charge in [-0.2, -0.15) is 0 Å². The first-order valence-electron chi connectivity index (χ1n) is 6.55. The standard InChI is InChI=1S/C15H15Br3N2O/c1-3-4-20-8-10(16)7-13(20)15(21)19-14-11(17)5-9(2)6-12(14)18/h5-8H,3-4H2,1-2H3,(H,19,21). The maximum absolute atomic E-state index is 12.5. The number of halogens is 3. The Morgan fingerprint density at radius 2 is 1.81 bits per heavy atom. The van der Waals surface area contributed by atoms with Crippen molar-refractivity contribution in [3.05, 3.63) is 49.1 Å². The summed E-state index contributed by atoms with van der Waals surface area (Å²) in [4.78, 5) is 12.5. The molecule has 0 bridgehead atoms. The molecule has 1 aromatic carbocycles. The van der Waals surface area contributed by atoms with E-state index in [-0.39, 0.29) is 5.91 Å². The number of aryl methyl sites for hydroxylation is 2. The molecule has 0 radical (unpaired) electrons. The highest BCUT2D eigenvalue weighted by Gasteiger charge is 2.16. The highest BCUT2D eigenvalue weighted by Crippen LogP contribution is 2.32. The van der Waals surface area contributed by atoms with E-state index in [1.165, 1.54) is 0 Å². The minimum atomic E-state index is -0.126. The second-order valence-electron chi connectivity index (χ2n) is 4.79. The minimum absolute atomic E-state index is 0.126. The van der Waals surface area contributed by atoms with Crippen LogP contribution in [0.3, 0.4) is 0 Å². The zero-order valence-electron chi connectivity index (χ0n) is 11.7. The van der Waals surface area contributed by atoms with E-state index < -0.39 is 0 Å². The van der Waals surface area contributed by atoms with Crippen LogP contribution in [0.4, 0.5) is 5.69 Å². The van der Waals surface area contributed by atoms with Crippen LogP contribution < -0.4 is 5.32 Å². The molecule has 1 heterocycles. The fourth-order valence-electron chi connectivity index (χ4n) is 2.09. The molecule has 0 fully saturated rings. The maximum Gasteiger partial charge on any atom is 0.272 e. The molecular weight excluding hydrogens is 464 g/mol. The summed E-state index contributed by atoms with van der Waals surface area (Å²) in [5, 5.41) is 2.96. The number of carbonyl (C=O) groups excluding carboxylic acids is 1. The average molecular weight is 479 g/mol. The summed E-state index contributed by atoms with van der Waals surface area (Å²) in [6.45, 7) is 4.90. The third kappa shape index (κ3) is 3.99. The van der Waals surface area contributed by atoms with Crippen LogP contribution >= 0.6 is 47.8 Å². The van der Waals surface area contributed by atoms with E-state index in [2.05, 4.69) is 60.0 Å². The molecule has 0 atom stereocenters. The van der Waals surface area contributed by atoms with Gasteiger partial charge in [0, 0.05) is 26.2 Å². The average Bonchev–Trinajstić information content (AvgIpc) is 2.75. The number of benzene rings is 1. The summed E-state index contributed by atoms with van der Waals surface area (Å²) in [5.74, 6) is -0.126.